The first kappa shape index (κ1) is 10.8. The second-order valence-electron chi connectivity index (χ2n) is 2.49. The Morgan fingerprint density at radius 3 is 2.64 bits per heavy atom. The van der Waals surface area contributed by atoms with Crippen molar-refractivity contribution in [2.75, 3.05) is 18.1 Å². The van der Waals surface area contributed by atoms with E-state index in [1.54, 1.807) is 11.8 Å². The van der Waals surface area contributed by atoms with Crippen LogP contribution in [-0.2, 0) is 4.79 Å². The molecular formula is C7H16N2OS. The monoisotopic (exact) mass is 176 g/mol. The highest BCUT2D eigenvalue weighted by Gasteiger charge is 2.06. The molecule has 0 aliphatic heterocycles. The van der Waals surface area contributed by atoms with Gasteiger partial charge in [-0.1, -0.05) is 6.92 Å². The van der Waals surface area contributed by atoms with Crippen LogP contribution in [0.15, 0.2) is 0 Å². The van der Waals surface area contributed by atoms with Gasteiger partial charge in [0.15, 0.2) is 0 Å². The first-order valence-electron chi connectivity index (χ1n) is 3.75. The lowest BCUT2D eigenvalue weighted by Gasteiger charge is -2.05. The molecule has 0 fully saturated rings. The molecule has 0 aromatic rings. The summed E-state index contributed by atoms with van der Waals surface area (Å²) in [5, 5.41) is 0. The molecule has 0 saturated heterocycles. The molecule has 4 N–H and O–H groups in total. The van der Waals surface area contributed by atoms with Gasteiger partial charge in [0.1, 0.15) is 0 Å². The molecule has 0 aromatic carbocycles. The van der Waals surface area contributed by atoms with E-state index in [9.17, 15) is 4.79 Å². The van der Waals surface area contributed by atoms with E-state index >= 15 is 0 Å². The summed E-state index contributed by atoms with van der Waals surface area (Å²) in [6, 6.07) is 0. The summed E-state index contributed by atoms with van der Waals surface area (Å²) in [6.07, 6.45) is 0.861. The number of rotatable bonds is 6. The third-order valence-corrected chi connectivity index (χ3v) is 2.49. The predicted octanol–water partition coefficient (Wildman–Crippen LogP) is 0.190. The van der Waals surface area contributed by atoms with Gasteiger partial charge in [0, 0.05) is 18.2 Å². The van der Waals surface area contributed by atoms with E-state index in [4.69, 9.17) is 11.5 Å². The van der Waals surface area contributed by atoms with Crippen molar-refractivity contribution < 1.29 is 4.79 Å². The van der Waals surface area contributed by atoms with Crippen molar-refractivity contribution in [2.24, 2.45) is 17.4 Å². The van der Waals surface area contributed by atoms with Gasteiger partial charge in [0.05, 0.1) is 0 Å². The minimum Gasteiger partial charge on any atom is -0.369 e. The maximum Gasteiger partial charge on any atom is 0.220 e. The van der Waals surface area contributed by atoms with Gasteiger partial charge in [-0.05, 0) is 12.2 Å². The third kappa shape index (κ3) is 6.19. The Morgan fingerprint density at radius 1 is 1.55 bits per heavy atom. The van der Waals surface area contributed by atoms with Crippen LogP contribution in [0.2, 0.25) is 0 Å². The zero-order valence-corrected chi connectivity index (χ0v) is 7.69. The van der Waals surface area contributed by atoms with E-state index in [0.717, 1.165) is 17.9 Å². The highest BCUT2D eigenvalue weighted by Crippen LogP contribution is 2.07. The number of amides is 1. The van der Waals surface area contributed by atoms with Crippen LogP contribution in [-0.4, -0.2) is 24.0 Å². The fourth-order valence-corrected chi connectivity index (χ4v) is 1.48. The molecule has 0 heterocycles. The van der Waals surface area contributed by atoms with E-state index in [0.29, 0.717) is 6.54 Å². The number of hydrogen-bond donors (Lipinski definition) is 2. The Kier molecular flexibility index (Phi) is 6.36. The van der Waals surface area contributed by atoms with Crippen molar-refractivity contribution in [3.8, 4) is 0 Å². The second-order valence-corrected chi connectivity index (χ2v) is 3.72. The van der Waals surface area contributed by atoms with Gasteiger partial charge in [-0.3, -0.25) is 4.79 Å². The number of primary amides is 1. The third-order valence-electron chi connectivity index (χ3n) is 1.44. The molecule has 1 atom stereocenters. The van der Waals surface area contributed by atoms with Crippen molar-refractivity contribution in [1.29, 1.82) is 0 Å². The van der Waals surface area contributed by atoms with Crippen LogP contribution in [0.5, 0.6) is 0 Å². The quantitative estimate of drug-likeness (QED) is 0.568. The Bertz CT molecular complexity index is 119. The number of carbonyl (C=O) groups is 1. The molecule has 0 rings (SSSR count). The SMILES string of the molecule is CC(CCSCCN)C(N)=O. The molecule has 0 spiro atoms. The molecule has 1 unspecified atom stereocenters. The molecule has 3 nitrogen and oxygen atoms in total. The Hall–Kier alpha value is -0.220. The molecule has 0 saturated carbocycles. The summed E-state index contributed by atoms with van der Waals surface area (Å²) in [5.74, 6) is 1.73. The zero-order valence-electron chi connectivity index (χ0n) is 6.88. The van der Waals surface area contributed by atoms with Gasteiger partial charge in [-0.25, -0.2) is 0 Å². The average Bonchev–Trinajstić information content (AvgIpc) is 1.97. The minimum absolute atomic E-state index is 0.000254. The van der Waals surface area contributed by atoms with Crippen molar-refractivity contribution in [3.63, 3.8) is 0 Å². The molecule has 0 aromatic heterocycles. The number of hydrogen-bond acceptors (Lipinski definition) is 3. The van der Waals surface area contributed by atoms with Crippen LogP contribution in [0, 0.1) is 5.92 Å². The second kappa shape index (κ2) is 6.49. The minimum atomic E-state index is -0.210. The number of nitrogens with two attached hydrogens (primary N) is 2. The fourth-order valence-electron chi connectivity index (χ4n) is 0.588. The van der Waals surface area contributed by atoms with Gasteiger partial charge >= 0.3 is 0 Å². The lowest BCUT2D eigenvalue weighted by molar-refractivity contribution is -0.121. The largest absolute Gasteiger partial charge is 0.369 e. The molecule has 66 valence electrons. The van der Waals surface area contributed by atoms with Gasteiger partial charge in [-0.15, -0.1) is 0 Å². The first-order chi connectivity index (χ1) is 5.18. The predicted molar refractivity (Wildman–Crippen MR) is 49.4 cm³/mol. The van der Waals surface area contributed by atoms with Crippen molar-refractivity contribution in [2.45, 2.75) is 13.3 Å². The van der Waals surface area contributed by atoms with Gasteiger partial charge in [-0.2, -0.15) is 11.8 Å². The number of thioether (sulfide) groups is 1. The van der Waals surface area contributed by atoms with Crippen LogP contribution in [0.3, 0.4) is 0 Å². The molecule has 0 bridgehead atoms. The summed E-state index contributed by atoms with van der Waals surface area (Å²) >= 11 is 1.77. The zero-order chi connectivity index (χ0) is 8.69. The molecule has 0 aliphatic carbocycles. The van der Waals surface area contributed by atoms with E-state index in [1.807, 2.05) is 6.92 Å². The van der Waals surface area contributed by atoms with Crippen LogP contribution in [0.25, 0.3) is 0 Å². The maximum atomic E-state index is 10.6. The highest BCUT2D eigenvalue weighted by atomic mass is 32.2. The van der Waals surface area contributed by atoms with Crippen molar-refractivity contribution in [1.82, 2.24) is 0 Å². The standard InChI is InChI=1S/C7H16N2OS/c1-6(7(9)10)2-4-11-5-3-8/h6H,2-5,8H2,1H3,(H2,9,10). The Morgan fingerprint density at radius 2 is 2.18 bits per heavy atom. The van der Waals surface area contributed by atoms with Gasteiger partial charge in [0.2, 0.25) is 5.91 Å². The number of carbonyl (C=O) groups excluding carboxylic acids is 1. The Labute approximate surface area is 71.9 Å². The van der Waals surface area contributed by atoms with Crippen LogP contribution < -0.4 is 11.5 Å². The van der Waals surface area contributed by atoms with Gasteiger partial charge < -0.3 is 11.5 Å². The lowest BCUT2D eigenvalue weighted by Crippen LogP contribution is -2.21. The van der Waals surface area contributed by atoms with E-state index in [-0.39, 0.29) is 11.8 Å². The normalized spacial score (nSPS) is 12.9. The Balaban J connectivity index is 3.17. The van der Waals surface area contributed by atoms with Crippen LogP contribution in [0.1, 0.15) is 13.3 Å². The molecule has 0 aliphatic rings. The average molecular weight is 176 g/mol. The highest BCUT2D eigenvalue weighted by molar-refractivity contribution is 7.99. The maximum absolute atomic E-state index is 10.6. The fraction of sp³-hybridized carbons (Fsp3) is 0.857. The molecule has 0 radical (unpaired) electrons. The summed E-state index contributed by atoms with van der Waals surface area (Å²) in [6.45, 7) is 2.56. The van der Waals surface area contributed by atoms with E-state index in [1.165, 1.54) is 0 Å². The van der Waals surface area contributed by atoms with E-state index < -0.39 is 0 Å². The van der Waals surface area contributed by atoms with E-state index in [2.05, 4.69) is 0 Å². The molecular weight excluding hydrogens is 160 g/mol. The summed E-state index contributed by atoms with van der Waals surface area (Å²) in [7, 11) is 0. The lowest BCUT2D eigenvalue weighted by atomic mass is 10.1. The smallest absolute Gasteiger partial charge is 0.220 e. The molecule has 1 amide bonds. The van der Waals surface area contributed by atoms with Gasteiger partial charge in [0.25, 0.3) is 0 Å². The van der Waals surface area contributed by atoms with Crippen LogP contribution in [0.4, 0.5) is 0 Å². The molecule has 11 heavy (non-hydrogen) atoms. The first-order valence-corrected chi connectivity index (χ1v) is 4.91. The van der Waals surface area contributed by atoms with Crippen LogP contribution >= 0.6 is 11.8 Å². The summed E-state index contributed by atoms with van der Waals surface area (Å²) < 4.78 is 0. The van der Waals surface area contributed by atoms with Crippen molar-refractivity contribution in [3.05, 3.63) is 0 Å². The van der Waals surface area contributed by atoms with Crippen molar-refractivity contribution >= 4 is 17.7 Å². The summed E-state index contributed by atoms with van der Waals surface area (Å²) in [4.78, 5) is 10.6. The summed E-state index contributed by atoms with van der Waals surface area (Å²) in [5.41, 5.74) is 10.4. The molecule has 4 heteroatoms. The topological polar surface area (TPSA) is 69.1 Å².